The highest BCUT2D eigenvalue weighted by Crippen LogP contribution is 2.18. The van der Waals surface area contributed by atoms with Crippen molar-refractivity contribution < 1.29 is 14.3 Å². The van der Waals surface area contributed by atoms with Gasteiger partial charge in [-0.3, -0.25) is 4.79 Å². The van der Waals surface area contributed by atoms with Crippen LogP contribution in [0.2, 0.25) is 5.02 Å². The summed E-state index contributed by atoms with van der Waals surface area (Å²) in [4.78, 5) is 24.5. The quantitative estimate of drug-likeness (QED) is 0.619. The number of rotatable bonds is 6. The van der Waals surface area contributed by atoms with Gasteiger partial charge in [0.25, 0.3) is 5.91 Å². The Morgan fingerprint density at radius 3 is 2.83 bits per heavy atom. The second-order valence-corrected chi connectivity index (χ2v) is 6.64. The molecule has 1 aromatic heterocycles. The highest BCUT2D eigenvalue weighted by Gasteiger charge is 2.11. The van der Waals surface area contributed by atoms with Gasteiger partial charge in [0.2, 0.25) is 0 Å². The van der Waals surface area contributed by atoms with Crippen LogP contribution < -0.4 is 5.32 Å². The second kappa shape index (κ2) is 8.66. The summed E-state index contributed by atoms with van der Waals surface area (Å²) in [6, 6.07) is 9.23. The van der Waals surface area contributed by atoms with Crippen LogP contribution in [0.25, 0.3) is 6.08 Å². The lowest BCUT2D eigenvalue weighted by Crippen LogP contribution is -2.30. The fourth-order valence-corrected chi connectivity index (χ4v) is 2.88. The van der Waals surface area contributed by atoms with Crippen LogP contribution in [0, 0.1) is 6.92 Å². The maximum atomic E-state index is 11.8. The molecule has 0 aliphatic rings. The molecule has 0 aliphatic carbocycles. The molecule has 0 radical (unpaired) electrons. The largest absolute Gasteiger partial charge is 0.452 e. The Bertz CT molecular complexity index is 741. The molecule has 1 aromatic carbocycles. The van der Waals surface area contributed by atoms with E-state index in [1.165, 1.54) is 6.08 Å². The van der Waals surface area contributed by atoms with Crippen molar-refractivity contribution in [2.45, 2.75) is 19.9 Å². The van der Waals surface area contributed by atoms with Gasteiger partial charge in [0, 0.05) is 16.0 Å². The van der Waals surface area contributed by atoms with Gasteiger partial charge >= 0.3 is 5.97 Å². The highest BCUT2D eigenvalue weighted by molar-refractivity contribution is 7.10. The summed E-state index contributed by atoms with van der Waals surface area (Å²) < 4.78 is 4.93. The molecule has 0 unspecified atom stereocenters. The summed E-state index contributed by atoms with van der Waals surface area (Å²) in [5, 5.41) is 5.35. The van der Waals surface area contributed by atoms with Crippen molar-refractivity contribution in [2.24, 2.45) is 0 Å². The number of hydrogen-bond donors (Lipinski definition) is 1. The third-order valence-corrected chi connectivity index (χ3v) is 4.76. The zero-order chi connectivity index (χ0) is 17.5. The van der Waals surface area contributed by atoms with Gasteiger partial charge in [-0.25, -0.2) is 4.79 Å². The van der Waals surface area contributed by atoms with Gasteiger partial charge in [-0.2, -0.15) is 0 Å². The predicted molar refractivity (Wildman–Crippen MR) is 97.1 cm³/mol. The average Bonchev–Trinajstić information content (AvgIpc) is 3.08. The number of nitrogens with one attached hydrogen (secondary N) is 1. The normalized spacial score (nSPS) is 12.1. The predicted octanol–water partition coefficient (Wildman–Crippen LogP) is 4.14. The van der Waals surface area contributed by atoms with E-state index in [4.69, 9.17) is 16.3 Å². The molecule has 24 heavy (non-hydrogen) atoms. The zero-order valence-electron chi connectivity index (χ0n) is 13.4. The van der Waals surface area contributed by atoms with Crippen molar-refractivity contribution in [1.29, 1.82) is 0 Å². The Labute approximate surface area is 150 Å². The maximum absolute atomic E-state index is 11.8. The minimum absolute atomic E-state index is 0.110. The van der Waals surface area contributed by atoms with E-state index in [2.05, 4.69) is 5.32 Å². The molecule has 1 amide bonds. The number of carbonyl (C=O) groups is 2. The standard InChI is InChI=1S/C18H18ClNO3S/c1-12-5-6-14(10-15(12)19)7-8-18(22)23-11-17(21)20-13(2)16-4-3-9-24-16/h3-10,13H,11H2,1-2H3,(H,20,21)/b8-7+/t13-/m1/s1. The van der Waals surface area contributed by atoms with Gasteiger partial charge in [0.05, 0.1) is 6.04 Å². The Morgan fingerprint density at radius 2 is 2.17 bits per heavy atom. The van der Waals surface area contributed by atoms with Crippen LogP contribution in [0.15, 0.2) is 41.8 Å². The van der Waals surface area contributed by atoms with E-state index >= 15 is 0 Å². The molecule has 2 aromatic rings. The van der Waals surface area contributed by atoms with Crippen molar-refractivity contribution in [1.82, 2.24) is 5.32 Å². The smallest absolute Gasteiger partial charge is 0.331 e. The van der Waals surface area contributed by atoms with Gasteiger partial charge in [0.1, 0.15) is 0 Å². The molecular formula is C18H18ClNO3S. The topological polar surface area (TPSA) is 55.4 Å². The van der Waals surface area contributed by atoms with E-state index in [9.17, 15) is 9.59 Å². The van der Waals surface area contributed by atoms with E-state index < -0.39 is 5.97 Å². The number of ether oxygens (including phenoxy) is 1. The first-order valence-corrected chi connectivity index (χ1v) is 8.65. The van der Waals surface area contributed by atoms with Crippen LogP contribution in [0.4, 0.5) is 0 Å². The second-order valence-electron chi connectivity index (χ2n) is 5.25. The lowest BCUT2D eigenvalue weighted by Gasteiger charge is -2.11. The van der Waals surface area contributed by atoms with Crippen LogP contribution >= 0.6 is 22.9 Å². The van der Waals surface area contributed by atoms with Crippen LogP contribution in [-0.2, 0) is 14.3 Å². The van der Waals surface area contributed by atoms with Gasteiger partial charge in [-0.15, -0.1) is 11.3 Å². The van der Waals surface area contributed by atoms with Crippen molar-refractivity contribution in [3.63, 3.8) is 0 Å². The molecule has 0 aliphatic heterocycles. The molecule has 1 N–H and O–H groups in total. The van der Waals surface area contributed by atoms with E-state index in [1.807, 2.05) is 43.5 Å². The minimum Gasteiger partial charge on any atom is -0.452 e. The molecule has 1 heterocycles. The van der Waals surface area contributed by atoms with Crippen molar-refractivity contribution in [2.75, 3.05) is 6.61 Å². The van der Waals surface area contributed by atoms with E-state index in [0.29, 0.717) is 5.02 Å². The lowest BCUT2D eigenvalue weighted by atomic mass is 10.1. The van der Waals surface area contributed by atoms with Gasteiger partial charge < -0.3 is 10.1 Å². The summed E-state index contributed by atoms with van der Waals surface area (Å²) in [6.07, 6.45) is 2.87. The fraction of sp³-hybridized carbons (Fsp3) is 0.222. The molecule has 1 atom stereocenters. The molecule has 0 spiro atoms. The Balaban J connectivity index is 1.78. The summed E-state index contributed by atoms with van der Waals surface area (Å²) in [7, 11) is 0. The first kappa shape index (κ1) is 18.2. The molecule has 2 rings (SSSR count). The summed E-state index contributed by atoms with van der Waals surface area (Å²) >= 11 is 7.58. The van der Waals surface area contributed by atoms with Crippen molar-refractivity contribution in [3.05, 3.63) is 62.8 Å². The summed E-state index contributed by atoms with van der Waals surface area (Å²) in [5.41, 5.74) is 1.76. The van der Waals surface area contributed by atoms with Gasteiger partial charge in [-0.05, 0) is 48.6 Å². The molecule has 0 fully saturated rings. The highest BCUT2D eigenvalue weighted by atomic mass is 35.5. The number of aryl methyl sites for hydroxylation is 1. The monoisotopic (exact) mass is 363 g/mol. The minimum atomic E-state index is -0.578. The molecule has 0 saturated carbocycles. The zero-order valence-corrected chi connectivity index (χ0v) is 15.0. The Hall–Kier alpha value is -2.11. The van der Waals surface area contributed by atoms with Gasteiger partial charge in [-0.1, -0.05) is 29.8 Å². The fourth-order valence-electron chi connectivity index (χ4n) is 1.95. The van der Waals surface area contributed by atoms with Crippen LogP contribution in [-0.4, -0.2) is 18.5 Å². The molecule has 0 saturated heterocycles. The number of halogens is 1. The SMILES string of the molecule is Cc1ccc(/C=C/C(=O)OCC(=O)N[C@H](C)c2cccs2)cc1Cl. The molecule has 0 bridgehead atoms. The van der Waals surface area contributed by atoms with E-state index in [0.717, 1.165) is 16.0 Å². The third kappa shape index (κ3) is 5.51. The van der Waals surface area contributed by atoms with Crippen LogP contribution in [0.3, 0.4) is 0 Å². The van der Waals surface area contributed by atoms with Gasteiger partial charge in [0.15, 0.2) is 6.61 Å². The number of thiophene rings is 1. The van der Waals surface area contributed by atoms with E-state index in [1.54, 1.807) is 23.5 Å². The van der Waals surface area contributed by atoms with Crippen LogP contribution in [0.1, 0.15) is 29.0 Å². The number of esters is 1. The summed E-state index contributed by atoms with van der Waals surface area (Å²) in [5.74, 6) is -0.915. The molecule has 4 nitrogen and oxygen atoms in total. The number of hydrogen-bond acceptors (Lipinski definition) is 4. The van der Waals surface area contributed by atoms with E-state index in [-0.39, 0.29) is 18.6 Å². The first-order valence-electron chi connectivity index (χ1n) is 7.39. The lowest BCUT2D eigenvalue weighted by molar-refractivity contribution is -0.144. The average molecular weight is 364 g/mol. The maximum Gasteiger partial charge on any atom is 0.331 e. The molecular weight excluding hydrogens is 346 g/mol. The number of benzene rings is 1. The first-order chi connectivity index (χ1) is 11.5. The summed E-state index contributed by atoms with van der Waals surface area (Å²) in [6.45, 7) is 3.47. The number of amides is 1. The molecule has 6 heteroatoms. The Morgan fingerprint density at radius 1 is 1.38 bits per heavy atom. The van der Waals surface area contributed by atoms with Crippen molar-refractivity contribution in [3.8, 4) is 0 Å². The third-order valence-electron chi connectivity index (χ3n) is 3.30. The number of carbonyl (C=O) groups excluding carboxylic acids is 2. The van der Waals surface area contributed by atoms with Crippen LogP contribution in [0.5, 0.6) is 0 Å². The van der Waals surface area contributed by atoms with Crippen molar-refractivity contribution >= 4 is 40.9 Å². The molecule has 126 valence electrons. The Kier molecular flexibility index (Phi) is 6.58.